The van der Waals surface area contributed by atoms with E-state index in [2.05, 4.69) is 32.3 Å². The predicted octanol–water partition coefficient (Wildman–Crippen LogP) is 2.70. The molecule has 0 spiro atoms. The Balaban J connectivity index is 1.27. The maximum atomic E-state index is 6.56. The smallest absolute Gasteiger partial charge is 0.158 e. The minimum atomic E-state index is 0.133. The van der Waals surface area contributed by atoms with Gasteiger partial charge in [-0.25, -0.2) is 15.4 Å². The van der Waals surface area contributed by atoms with Crippen LogP contribution in [0.5, 0.6) is 0 Å². The monoisotopic (exact) mass is 436 g/mol. The first kappa shape index (κ1) is 20.4. The van der Waals surface area contributed by atoms with Gasteiger partial charge in [0.05, 0.1) is 5.69 Å². The summed E-state index contributed by atoms with van der Waals surface area (Å²) >= 11 is 0. The molecule has 2 bridgehead atoms. The maximum Gasteiger partial charge on any atom is 0.158 e. The van der Waals surface area contributed by atoms with Gasteiger partial charge in [0, 0.05) is 50.4 Å². The SMILES string of the molecule is Cc1nc(N2CCC3=C(C2)C(C)NN3CC23CCC(N)(CC2)CC3)c2c(n1)c(C)nn2C. The number of nitrogens with zero attached hydrogens (tertiary/aromatic N) is 6. The number of fused-ring (bicyclic) bond motifs is 4. The summed E-state index contributed by atoms with van der Waals surface area (Å²) in [5.41, 5.74) is 17.0. The van der Waals surface area contributed by atoms with Crippen molar-refractivity contribution in [3.63, 3.8) is 0 Å². The first-order valence-electron chi connectivity index (χ1n) is 12.2. The van der Waals surface area contributed by atoms with Gasteiger partial charge in [-0.2, -0.15) is 5.10 Å². The number of hydrazine groups is 1. The molecule has 3 saturated carbocycles. The molecule has 3 fully saturated rings. The average Bonchev–Trinajstić information content (AvgIpc) is 3.23. The fourth-order valence-corrected chi connectivity index (χ4v) is 6.69. The van der Waals surface area contributed by atoms with Gasteiger partial charge in [-0.1, -0.05) is 0 Å². The van der Waals surface area contributed by atoms with Gasteiger partial charge >= 0.3 is 0 Å². The Morgan fingerprint density at radius 2 is 1.81 bits per heavy atom. The second-order valence-electron chi connectivity index (χ2n) is 10.9. The van der Waals surface area contributed by atoms with Crippen molar-refractivity contribution in [2.24, 2.45) is 18.2 Å². The summed E-state index contributed by atoms with van der Waals surface area (Å²) in [7, 11) is 2.00. The quantitative estimate of drug-likeness (QED) is 0.765. The van der Waals surface area contributed by atoms with Crippen LogP contribution in [0.4, 0.5) is 5.82 Å². The van der Waals surface area contributed by atoms with Crippen LogP contribution in [0.15, 0.2) is 11.3 Å². The molecule has 5 aliphatic rings. The summed E-state index contributed by atoms with van der Waals surface area (Å²) in [6.07, 6.45) is 8.48. The Morgan fingerprint density at radius 1 is 1.09 bits per heavy atom. The Hall–Kier alpha value is -2.19. The van der Waals surface area contributed by atoms with Gasteiger partial charge in [0.15, 0.2) is 5.82 Å². The molecule has 3 N–H and O–H groups in total. The van der Waals surface area contributed by atoms with Crippen LogP contribution in [0, 0.1) is 19.3 Å². The van der Waals surface area contributed by atoms with Crippen molar-refractivity contribution in [1.29, 1.82) is 0 Å². The number of nitrogens with two attached hydrogens (primary N) is 1. The summed E-state index contributed by atoms with van der Waals surface area (Å²) < 4.78 is 1.94. The van der Waals surface area contributed by atoms with Crippen LogP contribution in [0.1, 0.15) is 63.4 Å². The molecule has 2 aromatic rings. The third kappa shape index (κ3) is 3.06. The lowest BCUT2D eigenvalue weighted by molar-refractivity contribution is 0.00977. The van der Waals surface area contributed by atoms with E-state index in [9.17, 15) is 0 Å². The van der Waals surface area contributed by atoms with Gasteiger partial charge in [-0.05, 0) is 70.3 Å². The molecular formula is C24H36N8. The molecule has 2 aromatic heterocycles. The molecule has 4 heterocycles. The molecule has 0 saturated heterocycles. The number of anilines is 1. The zero-order chi connectivity index (χ0) is 22.3. The average molecular weight is 437 g/mol. The highest BCUT2D eigenvalue weighted by Gasteiger charge is 2.48. The van der Waals surface area contributed by atoms with Crippen molar-refractivity contribution in [3.8, 4) is 0 Å². The number of nitrogens with one attached hydrogen (secondary N) is 1. The molecule has 172 valence electrons. The Morgan fingerprint density at radius 3 is 2.53 bits per heavy atom. The highest BCUT2D eigenvalue weighted by Crippen LogP contribution is 2.52. The number of hydrogen-bond donors (Lipinski definition) is 2. The van der Waals surface area contributed by atoms with Gasteiger partial charge in [-0.3, -0.25) is 4.68 Å². The molecule has 8 nitrogen and oxygen atoms in total. The molecular weight excluding hydrogens is 400 g/mol. The minimum absolute atomic E-state index is 0.133. The molecule has 32 heavy (non-hydrogen) atoms. The van der Waals surface area contributed by atoms with Crippen molar-refractivity contribution >= 4 is 16.9 Å². The number of rotatable bonds is 3. The third-order valence-corrected chi connectivity index (χ3v) is 8.74. The summed E-state index contributed by atoms with van der Waals surface area (Å²) in [6.45, 7) is 9.32. The summed E-state index contributed by atoms with van der Waals surface area (Å²) in [5.74, 6) is 1.83. The molecule has 0 radical (unpaired) electrons. The lowest BCUT2D eigenvalue weighted by atomic mass is 9.57. The Kier molecular flexibility index (Phi) is 4.41. The number of aromatic nitrogens is 4. The van der Waals surface area contributed by atoms with Crippen molar-refractivity contribution in [2.45, 2.75) is 77.3 Å². The normalized spacial score (nSPS) is 32.3. The number of aryl methyl sites for hydroxylation is 3. The Labute approximate surface area is 190 Å². The van der Waals surface area contributed by atoms with Crippen LogP contribution in [-0.4, -0.2) is 56.0 Å². The summed E-state index contributed by atoms with van der Waals surface area (Å²) in [5, 5.41) is 7.13. The lowest BCUT2D eigenvalue weighted by Crippen LogP contribution is -2.55. The first-order chi connectivity index (χ1) is 15.3. The highest BCUT2D eigenvalue weighted by molar-refractivity contribution is 5.88. The van der Waals surface area contributed by atoms with E-state index >= 15 is 0 Å². The standard InChI is InChI=1S/C24H36N8/c1-15-18-13-31(22-21-20(26-17(3)27-22)16(2)28-30(21)4)12-5-19(18)32(29-15)14-23-6-9-24(25,10-7-23)11-8-23/h15,29H,5-14,25H2,1-4H3. The summed E-state index contributed by atoms with van der Waals surface area (Å²) in [6, 6.07) is 0.358. The zero-order valence-corrected chi connectivity index (χ0v) is 19.9. The van der Waals surface area contributed by atoms with E-state index in [0.717, 1.165) is 54.4 Å². The largest absolute Gasteiger partial charge is 0.350 e. The van der Waals surface area contributed by atoms with Crippen LogP contribution in [0.25, 0.3) is 11.0 Å². The molecule has 8 heteroatoms. The predicted molar refractivity (Wildman–Crippen MR) is 126 cm³/mol. The van der Waals surface area contributed by atoms with Crippen LogP contribution in [-0.2, 0) is 7.05 Å². The molecule has 2 aliphatic heterocycles. The van der Waals surface area contributed by atoms with Gasteiger partial charge in [-0.15, -0.1) is 0 Å². The fourth-order valence-electron chi connectivity index (χ4n) is 6.69. The molecule has 1 unspecified atom stereocenters. The van der Waals surface area contributed by atoms with Crippen molar-refractivity contribution in [1.82, 2.24) is 30.2 Å². The highest BCUT2D eigenvalue weighted by atomic mass is 15.5. The van der Waals surface area contributed by atoms with Crippen molar-refractivity contribution in [3.05, 3.63) is 22.8 Å². The van der Waals surface area contributed by atoms with Crippen LogP contribution >= 0.6 is 0 Å². The van der Waals surface area contributed by atoms with Crippen molar-refractivity contribution < 1.29 is 0 Å². The summed E-state index contributed by atoms with van der Waals surface area (Å²) in [4.78, 5) is 12.0. The number of hydrogen-bond acceptors (Lipinski definition) is 7. The second-order valence-corrected chi connectivity index (χ2v) is 10.9. The molecule has 0 amide bonds. The van der Waals surface area contributed by atoms with Crippen LogP contribution in [0.2, 0.25) is 0 Å². The zero-order valence-electron chi connectivity index (χ0n) is 19.9. The van der Waals surface area contributed by atoms with Crippen LogP contribution < -0.4 is 16.1 Å². The van der Waals surface area contributed by atoms with Gasteiger partial charge in [0.2, 0.25) is 0 Å². The van der Waals surface area contributed by atoms with E-state index in [1.165, 1.54) is 49.8 Å². The minimum Gasteiger partial charge on any atom is -0.350 e. The van der Waals surface area contributed by atoms with E-state index in [4.69, 9.17) is 10.7 Å². The second kappa shape index (κ2) is 6.90. The fraction of sp³-hybridized carbons (Fsp3) is 0.708. The van der Waals surface area contributed by atoms with E-state index in [0.29, 0.717) is 11.5 Å². The van der Waals surface area contributed by atoms with E-state index in [-0.39, 0.29) is 5.54 Å². The van der Waals surface area contributed by atoms with Crippen molar-refractivity contribution in [2.75, 3.05) is 24.5 Å². The maximum absolute atomic E-state index is 6.56. The van der Waals surface area contributed by atoms with Gasteiger partial charge in [0.25, 0.3) is 0 Å². The van der Waals surface area contributed by atoms with Gasteiger partial charge < -0.3 is 15.6 Å². The van der Waals surface area contributed by atoms with E-state index in [1.807, 2.05) is 25.6 Å². The molecule has 1 atom stereocenters. The third-order valence-electron chi connectivity index (χ3n) is 8.74. The lowest BCUT2D eigenvalue weighted by Gasteiger charge is -2.53. The molecule has 7 rings (SSSR count). The molecule has 0 aromatic carbocycles. The van der Waals surface area contributed by atoms with E-state index < -0.39 is 0 Å². The van der Waals surface area contributed by atoms with Crippen LogP contribution in [0.3, 0.4) is 0 Å². The first-order valence-corrected chi connectivity index (χ1v) is 12.2. The Bertz CT molecular complexity index is 1090. The molecule has 3 aliphatic carbocycles. The van der Waals surface area contributed by atoms with E-state index in [1.54, 1.807) is 0 Å². The topological polar surface area (TPSA) is 88.1 Å². The van der Waals surface area contributed by atoms with Gasteiger partial charge in [0.1, 0.15) is 16.9 Å².